The number of anilines is 1. The Labute approximate surface area is 192 Å². The number of phenolic OH excluding ortho intramolecular Hbond substituents is 1. The highest BCUT2D eigenvalue weighted by molar-refractivity contribution is 6.07. The number of carbonyl (C=O) groups is 2. The highest BCUT2D eigenvalue weighted by Crippen LogP contribution is 2.39. The summed E-state index contributed by atoms with van der Waals surface area (Å²) in [5.41, 5.74) is 8.74. The average Bonchev–Trinajstić information content (AvgIpc) is 3.51. The monoisotopic (exact) mass is 454 g/mol. The summed E-state index contributed by atoms with van der Waals surface area (Å²) in [6, 6.07) is 14.7. The third-order valence-electron chi connectivity index (χ3n) is 5.57. The van der Waals surface area contributed by atoms with E-state index < -0.39 is 0 Å². The number of phenols is 1. The lowest BCUT2D eigenvalue weighted by Crippen LogP contribution is -2.25. The van der Waals surface area contributed by atoms with Gasteiger partial charge in [-0.25, -0.2) is 0 Å². The molecule has 0 aliphatic heterocycles. The van der Waals surface area contributed by atoms with Gasteiger partial charge >= 0.3 is 0 Å². The predicted octanol–water partition coefficient (Wildman–Crippen LogP) is 3.72. The average molecular weight is 455 g/mol. The van der Waals surface area contributed by atoms with Crippen LogP contribution < -0.4 is 16.4 Å². The van der Waals surface area contributed by atoms with Crippen LogP contribution >= 0.6 is 12.4 Å². The van der Waals surface area contributed by atoms with E-state index in [1.807, 2.05) is 24.3 Å². The van der Waals surface area contributed by atoms with Crippen LogP contribution in [0.2, 0.25) is 0 Å². The minimum Gasteiger partial charge on any atom is -0.506 e. The van der Waals surface area contributed by atoms with Gasteiger partial charge in [0, 0.05) is 47.8 Å². The molecule has 2 amide bonds. The third kappa shape index (κ3) is 5.55. The molecule has 1 aliphatic carbocycles. The molecule has 1 saturated carbocycles. The van der Waals surface area contributed by atoms with Crippen molar-refractivity contribution in [2.45, 2.75) is 37.6 Å². The first kappa shape index (κ1) is 23.5. The molecule has 1 aromatic heterocycles. The molecule has 0 bridgehead atoms. The van der Waals surface area contributed by atoms with Gasteiger partial charge in [-0.05, 0) is 55.2 Å². The SMILES string of the molecule is Cl.N[C@H]1C[C@@H]1c1ccc(NC(=O)CCCCNC(=O)c2ccc(O)c3ncccc23)cc1. The fourth-order valence-electron chi connectivity index (χ4n) is 3.70. The summed E-state index contributed by atoms with van der Waals surface area (Å²) in [6.45, 7) is 0.463. The summed E-state index contributed by atoms with van der Waals surface area (Å²) in [5, 5.41) is 16.3. The van der Waals surface area contributed by atoms with Crippen molar-refractivity contribution in [3.8, 4) is 5.75 Å². The zero-order valence-electron chi connectivity index (χ0n) is 17.6. The van der Waals surface area contributed by atoms with Crippen LogP contribution in [0.5, 0.6) is 5.75 Å². The Morgan fingerprint density at radius 1 is 1.09 bits per heavy atom. The number of nitrogens with two attached hydrogens (primary N) is 1. The maximum Gasteiger partial charge on any atom is 0.251 e. The summed E-state index contributed by atoms with van der Waals surface area (Å²) in [6.07, 6.45) is 4.34. The standard InChI is InChI=1S/C24H26N4O3.ClH/c25-20-14-19(20)15-6-8-16(9-7-15)28-22(30)5-1-2-12-27-24(31)18-10-11-21(29)23-17(18)4-3-13-26-23;/h3-4,6-11,13,19-20,29H,1-2,5,12,14,25H2,(H,27,31)(H,28,30);1H/t19-,20+;/m1./s1. The third-order valence-corrected chi connectivity index (χ3v) is 5.57. The van der Waals surface area contributed by atoms with Crippen molar-refractivity contribution in [3.63, 3.8) is 0 Å². The number of fused-ring (bicyclic) bond motifs is 1. The minimum atomic E-state index is -0.224. The molecular weight excluding hydrogens is 428 g/mol. The Morgan fingerprint density at radius 3 is 2.56 bits per heavy atom. The number of carbonyl (C=O) groups excluding carboxylic acids is 2. The van der Waals surface area contributed by atoms with Crippen molar-refractivity contribution >= 4 is 40.8 Å². The zero-order chi connectivity index (χ0) is 21.8. The second-order valence-corrected chi connectivity index (χ2v) is 7.92. The largest absolute Gasteiger partial charge is 0.506 e. The summed E-state index contributed by atoms with van der Waals surface area (Å²) >= 11 is 0. The van der Waals surface area contributed by atoms with E-state index in [0.717, 1.165) is 12.1 Å². The Bertz CT molecular complexity index is 1100. The molecule has 0 spiro atoms. The van der Waals surface area contributed by atoms with Crippen molar-refractivity contribution in [3.05, 3.63) is 65.9 Å². The van der Waals surface area contributed by atoms with Crippen LogP contribution in [0.15, 0.2) is 54.7 Å². The van der Waals surface area contributed by atoms with Gasteiger partial charge in [-0.3, -0.25) is 14.6 Å². The molecule has 1 aliphatic rings. The Balaban J connectivity index is 0.00000289. The molecule has 7 nitrogen and oxygen atoms in total. The molecule has 0 saturated heterocycles. The second-order valence-electron chi connectivity index (χ2n) is 7.92. The highest BCUT2D eigenvalue weighted by Gasteiger charge is 2.34. The lowest BCUT2D eigenvalue weighted by atomic mass is 10.1. The number of aromatic nitrogens is 1. The Hall–Kier alpha value is -3.16. The number of nitrogens with zero attached hydrogens (tertiary/aromatic N) is 1. The van der Waals surface area contributed by atoms with Crippen LogP contribution in [-0.4, -0.2) is 34.5 Å². The van der Waals surface area contributed by atoms with Gasteiger partial charge in [0.2, 0.25) is 5.91 Å². The summed E-state index contributed by atoms with van der Waals surface area (Å²) in [7, 11) is 0. The zero-order valence-corrected chi connectivity index (χ0v) is 18.4. The fourth-order valence-corrected chi connectivity index (χ4v) is 3.70. The summed E-state index contributed by atoms with van der Waals surface area (Å²) < 4.78 is 0. The van der Waals surface area contributed by atoms with Crippen molar-refractivity contribution < 1.29 is 14.7 Å². The summed E-state index contributed by atoms with van der Waals surface area (Å²) in [4.78, 5) is 28.8. The number of nitrogens with one attached hydrogen (secondary N) is 2. The molecule has 8 heteroatoms. The van der Waals surface area contributed by atoms with Crippen LogP contribution in [0.4, 0.5) is 5.69 Å². The van der Waals surface area contributed by atoms with E-state index in [-0.39, 0.29) is 36.0 Å². The molecule has 0 unspecified atom stereocenters. The first-order valence-electron chi connectivity index (χ1n) is 10.5. The molecule has 168 valence electrons. The molecule has 2 aromatic carbocycles. The number of pyridine rings is 1. The van der Waals surface area contributed by atoms with Crippen LogP contribution in [0.3, 0.4) is 0 Å². The number of hydrogen-bond acceptors (Lipinski definition) is 5. The van der Waals surface area contributed by atoms with E-state index in [9.17, 15) is 14.7 Å². The number of halogens is 1. The van der Waals surface area contributed by atoms with Crippen molar-refractivity contribution in [1.29, 1.82) is 0 Å². The lowest BCUT2D eigenvalue weighted by Gasteiger charge is -2.09. The smallest absolute Gasteiger partial charge is 0.251 e. The maximum atomic E-state index is 12.5. The minimum absolute atomic E-state index is 0. The first-order valence-corrected chi connectivity index (χ1v) is 10.5. The molecule has 4 rings (SSSR count). The van der Waals surface area contributed by atoms with E-state index >= 15 is 0 Å². The number of unbranched alkanes of at least 4 members (excludes halogenated alkanes) is 1. The second kappa shape index (κ2) is 10.4. The molecule has 3 aromatic rings. The van der Waals surface area contributed by atoms with Gasteiger partial charge in [0.25, 0.3) is 5.91 Å². The quantitative estimate of drug-likeness (QED) is 0.387. The van der Waals surface area contributed by atoms with Gasteiger partial charge < -0.3 is 21.5 Å². The molecular formula is C24H27ClN4O3. The van der Waals surface area contributed by atoms with E-state index in [2.05, 4.69) is 15.6 Å². The Morgan fingerprint density at radius 2 is 1.84 bits per heavy atom. The Kier molecular flexibility index (Phi) is 7.66. The van der Waals surface area contributed by atoms with Crippen LogP contribution in [0, 0.1) is 0 Å². The topological polar surface area (TPSA) is 117 Å². The number of hydrogen-bond donors (Lipinski definition) is 4. The lowest BCUT2D eigenvalue weighted by molar-refractivity contribution is -0.116. The first-order chi connectivity index (χ1) is 15.0. The van der Waals surface area contributed by atoms with E-state index in [4.69, 9.17) is 5.73 Å². The van der Waals surface area contributed by atoms with E-state index in [1.54, 1.807) is 24.4 Å². The van der Waals surface area contributed by atoms with Gasteiger partial charge in [0.05, 0.1) is 0 Å². The normalized spacial score (nSPS) is 16.8. The molecule has 1 heterocycles. The van der Waals surface area contributed by atoms with Gasteiger partial charge in [-0.1, -0.05) is 18.2 Å². The number of aromatic hydroxyl groups is 1. The van der Waals surface area contributed by atoms with Crippen molar-refractivity contribution in [1.82, 2.24) is 10.3 Å². The summed E-state index contributed by atoms with van der Waals surface area (Å²) in [5.74, 6) is 0.232. The highest BCUT2D eigenvalue weighted by atomic mass is 35.5. The van der Waals surface area contributed by atoms with Crippen LogP contribution in [0.1, 0.15) is 47.5 Å². The van der Waals surface area contributed by atoms with Gasteiger partial charge in [-0.15, -0.1) is 12.4 Å². The number of amides is 2. The van der Waals surface area contributed by atoms with E-state index in [0.29, 0.717) is 48.2 Å². The molecule has 1 fully saturated rings. The van der Waals surface area contributed by atoms with Gasteiger partial charge in [0.15, 0.2) is 0 Å². The predicted molar refractivity (Wildman–Crippen MR) is 127 cm³/mol. The van der Waals surface area contributed by atoms with Crippen LogP contribution in [-0.2, 0) is 4.79 Å². The fraction of sp³-hybridized carbons (Fsp3) is 0.292. The van der Waals surface area contributed by atoms with Gasteiger partial charge in [-0.2, -0.15) is 0 Å². The van der Waals surface area contributed by atoms with Crippen molar-refractivity contribution in [2.24, 2.45) is 5.73 Å². The van der Waals surface area contributed by atoms with Crippen molar-refractivity contribution in [2.75, 3.05) is 11.9 Å². The van der Waals surface area contributed by atoms with E-state index in [1.165, 1.54) is 11.6 Å². The number of rotatable bonds is 8. The van der Waals surface area contributed by atoms with Gasteiger partial charge in [0.1, 0.15) is 11.3 Å². The molecule has 32 heavy (non-hydrogen) atoms. The van der Waals surface area contributed by atoms with Crippen LogP contribution in [0.25, 0.3) is 10.9 Å². The molecule has 5 N–H and O–H groups in total. The maximum absolute atomic E-state index is 12.5. The number of benzene rings is 2. The molecule has 2 atom stereocenters. The molecule has 0 radical (unpaired) electrons.